The summed E-state index contributed by atoms with van der Waals surface area (Å²) in [5.41, 5.74) is -3.65. The van der Waals surface area contributed by atoms with Crippen LogP contribution in [0.3, 0.4) is 0 Å². The molecule has 14 heteroatoms. The van der Waals surface area contributed by atoms with Crippen molar-refractivity contribution in [2.45, 2.75) is 426 Å². The van der Waals surface area contributed by atoms with Gasteiger partial charge in [0.15, 0.2) is 0 Å². The standard InChI is InChI=1S/C81H162N3O10P/c1-16-19-22-25-28-31-34-37-40-43-46-49-52-55-58-61-64-76(70-89-73(4)85)67-79(7,82(10)11)92-95(88,93-80(8,83(12)13)68-77(71-90-74(5)86)65-62-59-56-53-50-47-44-41-38-35-32-29-26-23-20-17-2)94-81(9,84(14)15)69-78(72-91-75(6)87)66-63-60-57-54-51-48-45-42-39-36-33-30-27-24-21-18-3/h76-78H,16-72H2,1-15H3. The van der Waals surface area contributed by atoms with Crippen molar-refractivity contribution >= 4 is 25.7 Å². The Hall–Kier alpha value is -1.60. The lowest BCUT2D eigenvalue weighted by molar-refractivity contribution is -0.166. The lowest BCUT2D eigenvalue weighted by atomic mass is 9.92. The van der Waals surface area contributed by atoms with Gasteiger partial charge in [-0.1, -0.05) is 329 Å². The number of carbonyl (C=O) groups excluding carboxylic acids is 3. The Bertz CT molecular complexity index is 1620. The fraction of sp³-hybridized carbons (Fsp3) is 0.963. The highest BCUT2D eigenvalue weighted by molar-refractivity contribution is 7.48. The van der Waals surface area contributed by atoms with Crippen LogP contribution in [-0.2, 0) is 46.7 Å². The average molecular weight is 1370 g/mol. The second-order valence-electron chi connectivity index (χ2n) is 30.8. The van der Waals surface area contributed by atoms with Crippen molar-refractivity contribution in [2.75, 3.05) is 62.1 Å². The Labute approximate surface area is 590 Å². The zero-order chi connectivity index (χ0) is 70.7. The van der Waals surface area contributed by atoms with E-state index in [1.807, 2.05) is 77.8 Å². The molecule has 0 saturated heterocycles. The van der Waals surface area contributed by atoms with Gasteiger partial charge in [0, 0.05) is 20.8 Å². The number of esters is 3. The predicted molar refractivity (Wildman–Crippen MR) is 404 cm³/mol. The van der Waals surface area contributed by atoms with Crippen LogP contribution in [0.15, 0.2) is 0 Å². The van der Waals surface area contributed by atoms with E-state index in [2.05, 4.69) is 20.8 Å². The molecule has 0 aromatic carbocycles. The van der Waals surface area contributed by atoms with Gasteiger partial charge < -0.3 is 14.2 Å². The molecule has 6 atom stereocenters. The normalized spacial score (nSPS) is 15.6. The number of rotatable bonds is 72. The van der Waals surface area contributed by atoms with Crippen LogP contribution in [0.1, 0.15) is 409 Å². The third-order valence-electron chi connectivity index (χ3n) is 20.7. The minimum absolute atomic E-state index is 0.104. The molecule has 0 saturated carbocycles. The minimum Gasteiger partial charge on any atom is -0.466 e. The summed E-state index contributed by atoms with van der Waals surface area (Å²) in [5, 5.41) is 0. The SMILES string of the molecule is CCCCCCCCCCCCCCCCCCC(COC(C)=O)CC(C)(OP(=O)(OC(C)(CC(CCCCCCCCCCCCCCCCCC)COC(C)=O)N(C)C)OC(C)(CC(CCCCCCCCCCCCCCCCCC)COC(C)=O)N(C)C)N(C)C. The van der Waals surface area contributed by atoms with Crippen LogP contribution in [0.4, 0.5) is 0 Å². The number of ether oxygens (including phenoxy) is 3. The highest BCUT2D eigenvalue weighted by Gasteiger charge is 2.51. The quantitative estimate of drug-likeness (QED) is 0.0188. The fourth-order valence-corrected chi connectivity index (χ4v) is 15.9. The molecule has 6 unspecified atom stereocenters. The maximum absolute atomic E-state index is 16.7. The van der Waals surface area contributed by atoms with Crippen molar-refractivity contribution in [1.82, 2.24) is 14.7 Å². The topological polar surface area (TPSA) is 133 Å². The van der Waals surface area contributed by atoms with Gasteiger partial charge in [-0.15, -0.1) is 0 Å². The van der Waals surface area contributed by atoms with Crippen molar-refractivity contribution in [1.29, 1.82) is 0 Å². The number of hydrogen-bond donors (Lipinski definition) is 0. The van der Waals surface area contributed by atoms with E-state index in [1.54, 1.807) is 0 Å². The summed E-state index contributed by atoms with van der Waals surface area (Å²) in [5.74, 6) is -1.31. The minimum atomic E-state index is -4.67. The van der Waals surface area contributed by atoms with Gasteiger partial charge in [0.2, 0.25) is 0 Å². The van der Waals surface area contributed by atoms with Crippen molar-refractivity contribution in [3.8, 4) is 0 Å². The van der Waals surface area contributed by atoms with E-state index in [0.717, 1.165) is 57.8 Å². The van der Waals surface area contributed by atoms with Gasteiger partial charge in [0.1, 0.15) is 17.2 Å². The smallest absolute Gasteiger partial charge is 0.466 e. The third-order valence-corrected chi connectivity index (χ3v) is 22.6. The highest BCUT2D eigenvalue weighted by Crippen LogP contribution is 2.61. The molecule has 0 radical (unpaired) electrons. The fourth-order valence-electron chi connectivity index (χ4n) is 13.7. The Morgan fingerprint density at radius 3 is 0.568 bits per heavy atom. The van der Waals surface area contributed by atoms with Gasteiger partial charge in [0.05, 0.1) is 19.8 Å². The number of phosphoric ester groups is 1. The molecule has 0 aliphatic rings. The number of hydrogen-bond acceptors (Lipinski definition) is 13. The van der Waals surface area contributed by atoms with Crippen LogP contribution >= 0.6 is 7.82 Å². The molecule has 566 valence electrons. The molecular weight excluding hydrogens is 1210 g/mol. The van der Waals surface area contributed by atoms with Gasteiger partial charge in [-0.2, -0.15) is 0 Å². The number of phosphoric acid groups is 1. The van der Waals surface area contributed by atoms with Crippen molar-refractivity contribution in [3.63, 3.8) is 0 Å². The van der Waals surface area contributed by atoms with Gasteiger partial charge >= 0.3 is 25.7 Å². The number of unbranched alkanes of at least 4 members (excludes halogenated alkanes) is 45. The number of carbonyl (C=O) groups is 3. The predicted octanol–water partition coefficient (Wildman–Crippen LogP) is 24.6. The van der Waals surface area contributed by atoms with Crippen LogP contribution in [0, 0.1) is 17.8 Å². The molecule has 0 aromatic rings. The van der Waals surface area contributed by atoms with Gasteiger partial charge in [-0.25, -0.2) is 4.57 Å². The lowest BCUT2D eigenvalue weighted by Gasteiger charge is -2.47. The molecule has 0 amide bonds. The summed E-state index contributed by atoms with van der Waals surface area (Å²) in [6, 6.07) is 0. The summed E-state index contributed by atoms with van der Waals surface area (Å²) in [6.07, 6.45) is 65.6. The molecule has 0 rings (SSSR count). The summed E-state index contributed by atoms with van der Waals surface area (Å²) >= 11 is 0. The first-order chi connectivity index (χ1) is 45.5. The van der Waals surface area contributed by atoms with Gasteiger partial charge in [-0.3, -0.25) is 42.7 Å². The van der Waals surface area contributed by atoms with E-state index < -0.39 is 25.0 Å². The molecule has 0 aliphatic carbocycles. The highest BCUT2D eigenvalue weighted by atomic mass is 31.2. The van der Waals surface area contributed by atoms with Crippen molar-refractivity contribution in [2.24, 2.45) is 17.8 Å². The van der Waals surface area contributed by atoms with Crippen LogP contribution in [-0.4, -0.2) is 112 Å². The van der Waals surface area contributed by atoms with Gasteiger partial charge in [-0.05, 0) is 119 Å². The average Bonchev–Trinajstić information content (AvgIpc) is 0.784. The van der Waals surface area contributed by atoms with E-state index in [9.17, 15) is 14.4 Å². The molecule has 13 nitrogen and oxygen atoms in total. The first-order valence-corrected chi connectivity index (χ1v) is 42.1. The maximum Gasteiger partial charge on any atom is 0.480 e. The molecule has 0 bridgehead atoms. The van der Waals surface area contributed by atoms with Crippen molar-refractivity contribution < 1.29 is 46.7 Å². The summed E-state index contributed by atoms with van der Waals surface area (Å²) in [6.45, 7) is 17.7. The Morgan fingerprint density at radius 2 is 0.432 bits per heavy atom. The number of nitrogens with zero attached hydrogens (tertiary/aromatic N) is 3. The first-order valence-electron chi connectivity index (χ1n) is 40.6. The Balaban J connectivity index is 6.63. The zero-order valence-electron chi connectivity index (χ0n) is 65.9. The van der Waals surface area contributed by atoms with E-state index in [0.29, 0.717) is 19.3 Å². The summed E-state index contributed by atoms with van der Waals surface area (Å²) in [7, 11) is 6.91. The molecule has 0 spiro atoms. The Morgan fingerprint density at radius 1 is 0.284 bits per heavy atom. The summed E-state index contributed by atoms with van der Waals surface area (Å²) in [4.78, 5) is 43.3. The maximum atomic E-state index is 16.7. The van der Waals surface area contributed by atoms with Gasteiger partial charge in [0.25, 0.3) is 0 Å². The molecule has 0 fully saturated rings. The summed E-state index contributed by atoms with van der Waals surface area (Å²) < 4.78 is 55.5. The molecule has 0 aliphatic heterocycles. The van der Waals surface area contributed by atoms with Crippen LogP contribution in [0.2, 0.25) is 0 Å². The van der Waals surface area contributed by atoms with E-state index in [-0.39, 0.29) is 55.5 Å². The molecule has 0 heterocycles. The van der Waals surface area contributed by atoms with Crippen LogP contribution in [0.5, 0.6) is 0 Å². The third kappa shape index (κ3) is 53.9. The van der Waals surface area contributed by atoms with Crippen LogP contribution < -0.4 is 0 Å². The second kappa shape index (κ2) is 61.1. The molecule has 0 aromatic heterocycles. The molecule has 0 N–H and O–H groups in total. The van der Waals surface area contributed by atoms with E-state index in [1.165, 1.54) is 290 Å². The monoisotopic (exact) mass is 1370 g/mol. The largest absolute Gasteiger partial charge is 0.480 e. The molecular formula is C81H162N3O10P. The van der Waals surface area contributed by atoms with E-state index in [4.69, 9.17) is 27.8 Å². The van der Waals surface area contributed by atoms with Crippen LogP contribution in [0.25, 0.3) is 0 Å². The lowest BCUT2D eigenvalue weighted by Crippen LogP contribution is -2.51. The van der Waals surface area contributed by atoms with Crippen molar-refractivity contribution in [3.05, 3.63) is 0 Å². The Kier molecular flexibility index (Phi) is 60.1. The van der Waals surface area contributed by atoms with E-state index >= 15 is 4.57 Å². The second-order valence-corrected chi connectivity index (χ2v) is 32.3. The zero-order valence-corrected chi connectivity index (χ0v) is 66.8. The molecule has 95 heavy (non-hydrogen) atoms. The first kappa shape index (κ1) is 93.4.